The highest BCUT2D eigenvalue weighted by Crippen LogP contribution is 2.14. The second-order valence-electron chi connectivity index (χ2n) is 5.30. The molecule has 1 saturated heterocycles. The van der Waals surface area contributed by atoms with E-state index in [1.165, 1.54) is 0 Å². The first kappa shape index (κ1) is 15.0. The summed E-state index contributed by atoms with van der Waals surface area (Å²) in [6, 6.07) is 10.1. The monoisotopic (exact) mass is 294 g/mol. The number of benzene rings is 1. The molecule has 1 aromatic carbocycles. The summed E-state index contributed by atoms with van der Waals surface area (Å²) in [5, 5.41) is 0. The van der Waals surface area contributed by atoms with Gasteiger partial charge in [0.05, 0.1) is 0 Å². The van der Waals surface area contributed by atoms with Gasteiger partial charge in [0.2, 0.25) is 0 Å². The van der Waals surface area contributed by atoms with Crippen LogP contribution in [0.3, 0.4) is 0 Å². The van der Waals surface area contributed by atoms with E-state index in [0.29, 0.717) is 24.6 Å². The van der Waals surface area contributed by atoms with Gasteiger partial charge in [-0.2, -0.15) is 0 Å². The predicted molar refractivity (Wildman–Crippen MR) is 82.0 cm³/mol. The van der Waals surface area contributed by atoms with Crippen LogP contribution >= 0.6 is 0 Å². The van der Waals surface area contributed by atoms with Crippen LogP contribution in [0.4, 0.5) is 4.79 Å². The molecule has 0 radical (unpaired) electrons. The van der Waals surface area contributed by atoms with Gasteiger partial charge in [0.1, 0.15) is 0 Å². The van der Waals surface area contributed by atoms with E-state index in [4.69, 9.17) is 0 Å². The number of hydrogen-bond donors (Lipinski definition) is 0. The van der Waals surface area contributed by atoms with E-state index in [1.54, 1.807) is 4.90 Å². The van der Waals surface area contributed by atoms with Crippen LogP contribution in [-0.2, 0) is 17.3 Å². The SMILES string of the molecule is C[C@@H]1CC[S@@](=O)CCN1C(=O)N(C)Cc1ccccc1. The van der Waals surface area contributed by atoms with Crippen molar-refractivity contribution < 1.29 is 9.00 Å². The molecule has 1 aliphatic heterocycles. The van der Waals surface area contributed by atoms with Crippen molar-refractivity contribution >= 4 is 16.8 Å². The zero-order valence-electron chi connectivity index (χ0n) is 12.1. The number of carbonyl (C=O) groups excluding carboxylic acids is 1. The summed E-state index contributed by atoms with van der Waals surface area (Å²) in [4.78, 5) is 16.1. The summed E-state index contributed by atoms with van der Waals surface area (Å²) in [5.74, 6) is 1.29. The lowest BCUT2D eigenvalue weighted by Crippen LogP contribution is -2.46. The Bertz CT molecular complexity index is 478. The maximum absolute atomic E-state index is 12.5. The summed E-state index contributed by atoms with van der Waals surface area (Å²) in [6.45, 7) is 3.23. The molecule has 0 unspecified atom stereocenters. The van der Waals surface area contributed by atoms with Crippen LogP contribution in [-0.4, -0.2) is 51.2 Å². The molecule has 4 nitrogen and oxygen atoms in total. The third kappa shape index (κ3) is 3.82. The molecule has 2 amide bonds. The maximum atomic E-state index is 12.5. The first-order chi connectivity index (χ1) is 9.58. The second-order valence-corrected chi connectivity index (χ2v) is 7.00. The van der Waals surface area contributed by atoms with Gasteiger partial charge in [-0.1, -0.05) is 30.3 Å². The molecule has 1 aliphatic rings. The normalized spacial score (nSPS) is 23.2. The topological polar surface area (TPSA) is 40.6 Å². The molecule has 1 fully saturated rings. The third-order valence-electron chi connectivity index (χ3n) is 3.69. The lowest BCUT2D eigenvalue weighted by atomic mass is 10.2. The van der Waals surface area contributed by atoms with E-state index in [9.17, 15) is 9.00 Å². The van der Waals surface area contributed by atoms with Gasteiger partial charge in [-0.15, -0.1) is 0 Å². The molecule has 2 atom stereocenters. The molecule has 0 saturated carbocycles. The minimum Gasteiger partial charge on any atom is -0.323 e. The Morgan fingerprint density at radius 3 is 2.75 bits per heavy atom. The molecule has 20 heavy (non-hydrogen) atoms. The lowest BCUT2D eigenvalue weighted by Gasteiger charge is -2.31. The van der Waals surface area contributed by atoms with E-state index in [1.807, 2.05) is 49.2 Å². The molecular formula is C15H22N2O2S. The largest absolute Gasteiger partial charge is 0.323 e. The molecule has 0 N–H and O–H groups in total. The van der Waals surface area contributed by atoms with Crippen LogP contribution in [0.15, 0.2) is 30.3 Å². The van der Waals surface area contributed by atoms with E-state index in [0.717, 1.165) is 12.0 Å². The Morgan fingerprint density at radius 1 is 1.35 bits per heavy atom. The summed E-state index contributed by atoms with van der Waals surface area (Å²) in [6.07, 6.45) is 0.817. The van der Waals surface area contributed by atoms with E-state index in [2.05, 4.69) is 0 Å². The fourth-order valence-corrected chi connectivity index (χ4v) is 3.62. The zero-order valence-corrected chi connectivity index (χ0v) is 12.9. The number of carbonyl (C=O) groups is 1. The van der Waals surface area contributed by atoms with Crippen molar-refractivity contribution in [3.63, 3.8) is 0 Å². The third-order valence-corrected chi connectivity index (χ3v) is 5.02. The van der Waals surface area contributed by atoms with Crippen molar-refractivity contribution in [2.75, 3.05) is 25.1 Å². The van der Waals surface area contributed by atoms with Gasteiger partial charge in [-0.25, -0.2) is 4.79 Å². The summed E-state index contributed by atoms with van der Waals surface area (Å²) >= 11 is 0. The number of hydrogen-bond acceptors (Lipinski definition) is 2. The van der Waals surface area contributed by atoms with Gasteiger partial charge in [0.15, 0.2) is 0 Å². The molecule has 0 spiro atoms. The van der Waals surface area contributed by atoms with E-state index < -0.39 is 10.8 Å². The molecule has 1 heterocycles. The number of rotatable bonds is 2. The summed E-state index contributed by atoms with van der Waals surface area (Å²) < 4.78 is 11.6. The Morgan fingerprint density at radius 2 is 2.05 bits per heavy atom. The van der Waals surface area contributed by atoms with Gasteiger partial charge in [-0.3, -0.25) is 4.21 Å². The quantitative estimate of drug-likeness (QED) is 0.838. The Hall–Kier alpha value is -1.36. The first-order valence-electron chi connectivity index (χ1n) is 6.98. The maximum Gasteiger partial charge on any atom is 0.320 e. The van der Waals surface area contributed by atoms with Crippen molar-refractivity contribution in [2.45, 2.75) is 25.9 Å². The number of amides is 2. The van der Waals surface area contributed by atoms with Crippen LogP contribution < -0.4 is 0 Å². The molecule has 1 aromatic rings. The lowest BCUT2D eigenvalue weighted by molar-refractivity contribution is 0.147. The number of urea groups is 1. The fourth-order valence-electron chi connectivity index (χ4n) is 2.41. The summed E-state index contributed by atoms with van der Waals surface area (Å²) in [5.41, 5.74) is 1.12. The highest BCUT2D eigenvalue weighted by molar-refractivity contribution is 7.85. The van der Waals surface area contributed by atoms with Crippen molar-refractivity contribution in [2.24, 2.45) is 0 Å². The Balaban J connectivity index is 2.00. The van der Waals surface area contributed by atoms with Crippen molar-refractivity contribution in [1.82, 2.24) is 9.80 Å². The molecule has 5 heteroatoms. The predicted octanol–water partition coefficient (Wildman–Crippen LogP) is 2.08. The molecule has 0 aromatic heterocycles. The van der Waals surface area contributed by atoms with Crippen LogP contribution in [0.1, 0.15) is 18.9 Å². The molecule has 0 bridgehead atoms. The van der Waals surface area contributed by atoms with Gasteiger partial charge < -0.3 is 9.80 Å². The van der Waals surface area contributed by atoms with Gasteiger partial charge in [0, 0.05) is 48.5 Å². The van der Waals surface area contributed by atoms with Crippen LogP contribution in [0.2, 0.25) is 0 Å². The van der Waals surface area contributed by atoms with Crippen LogP contribution in [0.25, 0.3) is 0 Å². The smallest absolute Gasteiger partial charge is 0.320 e. The molecule has 0 aliphatic carbocycles. The zero-order chi connectivity index (χ0) is 14.5. The molecule has 2 rings (SSSR count). The standard InChI is InChI=1S/C15H22N2O2S/c1-13-8-10-20(19)11-9-17(13)15(18)16(2)12-14-6-4-3-5-7-14/h3-7,13H,8-12H2,1-2H3/t13-,20-/m1/s1. The Kier molecular flexibility index (Phi) is 5.17. The average Bonchev–Trinajstić information content (AvgIpc) is 2.61. The van der Waals surface area contributed by atoms with Gasteiger partial charge >= 0.3 is 6.03 Å². The van der Waals surface area contributed by atoms with E-state index in [-0.39, 0.29) is 12.1 Å². The second kappa shape index (κ2) is 6.88. The average molecular weight is 294 g/mol. The number of nitrogens with zero attached hydrogens (tertiary/aromatic N) is 2. The molecular weight excluding hydrogens is 272 g/mol. The van der Waals surface area contributed by atoms with Crippen LogP contribution in [0.5, 0.6) is 0 Å². The minimum absolute atomic E-state index is 0.0280. The fraction of sp³-hybridized carbons (Fsp3) is 0.533. The van der Waals surface area contributed by atoms with Crippen LogP contribution in [0, 0.1) is 0 Å². The van der Waals surface area contributed by atoms with Crippen molar-refractivity contribution in [1.29, 1.82) is 0 Å². The highest BCUT2D eigenvalue weighted by Gasteiger charge is 2.26. The van der Waals surface area contributed by atoms with Crippen molar-refractivity contribution in [3.05, 3.63) is 35.9 Å². The minimum atomic E-state index is -0.779. The van der Waals surface area contributed by atoms with Gasteiger partial charge in [-0.05, 0) is 18.9 Å². The Labute approximate surface area is 123 Å². The van der Waals surface area contributed by atoms with E-state index >= 15 is 0 Å². The first-order valence-corrected chi connectivity index (χ1v) is 8.47. The summed E-state index contributed by atoms with van der Waals surface area (Å²) in [7, 11) is 1.04. The molecule has 110 valence electrons. The highest BCUT2D eigenvalue weighted by atomic mass is 32.2. The van der Waals surface area contributed by atoms with Crippen molar-refractivity contribution in [3.8, 4) is 0 Å². The van der Waals surface area contributed by atoms with Gasteiger partial charge in [0.25, 0.3) is 0 Å².